The number of nitrogens with one attached hydrogen (secondary N) is 1. The number of hydrogen-bond donors (Lipinski definition) is 3. The average molecular weight is 241 g/mol. The van der Waals surface area contributed by atoms with Crippen LogP contribution < -0.4 is 16.8 Å². The van der Waals surface area contributed by atoms with Crippen LogP contribution in [0.1, 0.15) is 46.0 Å². The number of amides is 1. The lowest BCUT2D eigenvalue weighted by Gasteiger charge is -2.28. The van der Waals surface area contributed by atoms with Crippen LogP contribution in [0.3, 0.4) is 0 Å². The first kappa shape index (κ1) is 14.5. The van der Waals surface area contributed by atoms with Crippen molar-refractivity contribution in [3.63, 3.8) is 0 Å². The summed E-state index contributed by atoms with van der Waals surface area (Å²) in [5, 5.41) is 3.12. The summed E-state index contributed by atoms with van der Waals surface area (Å²) >= 11 is 0. The Morgan fingerprint density at radius 2 is 1.88 bits per heavy atom. The summed E-state index contributed by atoms with van der Waals surface area (Å²) in [6.07, 6.45) is 4.91. The van der Waals surface area contributed by atoms with E-state index in [2.05, 4.69) is 19.2 Å². The number of nitrogens with two attached hydrogens (primary N) is 2. The fourth-order valence-electron chi connectivity index (χ4n) is 2.46. The van der Waals surface area contributed by atoms with Crippen molar-refractivity contribution in [3.05, 3.63) is 0 Å². The van der Waals surface area contributed by atoms with E-state index in [9.17, 15) is 4.79 Å². The van der Waals surface area contributed by atoms with Gasteiger partial charge in [-0.1, -0.05) is 13.8 Å². The second-order valence-corrected chi connectivity index (χ2v) is 5.68. The van der Waals surface area contributed by atoms with Crippen molar-refractivity contribution in [2.45, 2.75) is 58.0 Å². The van der Waals surface area contributed by atoms with Gasteiger partial charge in [-0.15, -0.1) is 0 Å². The van der Waals surface area contributed by atoms with Gasteiger partial charge in [0.2, 0.25) is 5.91 Å². The maximum absolute atomic E-state index is 12.0. The molecule has 1 amide bonds. The Balaban J connectivity index is 2.36. The van der Waals surface area contributed by atoms with Crippen molar-refractivity contribution in [1.29, 1.82) is 0 Å². The van der Waals surface area contributed by atoms with Crippen LogP contribution in [0, 0.1) is 11.8 Å². The third kappa shape index (κ3) is 5.04. The van der Waals surface area contributed by atoms with E-state index in [1.54, 1.807) is 0 Å². The summed E-state index contributed by atoms with van der Waals surface area (Å²) in [7, 11) is 0. The van der Waals surface area contributed by atoms with Gasteiger partial charge in [-0.05, 0) is 38.0 Å². The monoisotopic (exact) mass is 241 g/mol. The quantitative estimate of drug-likeness (QED) is 0.671. The van der Waals surface area contributed by atoms with Gasteiger partial charge < -0.3 is 16.8 Å². The van der Waals surface area contributed by atoms with Crippen LogP contribution in [0.2, 0.25) is 0 Å². The summed E-state index contributed by atoms with van der Waals surface area (Å²) in [5.74, 6) is 0.598. The zero-order chi connectivity index (χ0) is 12.8. The predicted octanol–water partition coefficient (Wildman–Crippen LogP) is 0.994. The molecule has 0 aliphatic heterocycles. The van der Waals surface area contributed by atoms with Gasteiger partial charge in [-0.25, -0.2) is 0 Å². The molecule has 5 N–H and O–H groups in total. The molecule has 0 saturated heterocycles. The average Bonchev–Trinajstić information content (AvgIpc) is 2.28. The van der Waals surface area contributed by atoms with Crippen molar-refractivity contribution in [3.8, 4) is 0 Å². The molecule has 4 nitrogen and oxygen atoms in total. The minimum absolute atomic E-state index is 0.0365. The zero-order valence-corrected chi connectivity index (χ0v) is 11.1. The molecule has 1 rings (SSSR count). The maximum atomic E-state index is 12.0. The Labute approximate surface area is 105 Å². The van der Waals surface area contributed by atoms with E-state index in [0.717, 1.165) is 32.1 Å². The SMILES string of the molecule is CC(C)CC(CN)C(=O)NC1CCC(N)CC1. The highest BCUT2D eigenvalue weighted by atomic mass is 16.1. The van der Waals surface area contributed by atoms with Crippen LogP contribution in [0.4, 0.5) is 0 Å². The van der Waals surface area contributed by atoms with Crippen LogP contribution >= 0.6 is 0 Å². The van der Waals surface area contributed by atoms with Gasteiger partial charge in [0.05, 0.1) is 5.92 Å². The number of carbonyl (C=O) groups is 1. The Morgan fingerprint density at radius 1 is 1.29 bits per heavy atom. The molecule has 1 saturated carbocycles. The van der Waals surface area contributed by atoms with Crippen molar-refractivity contribution in [2.24, 2.45) is 23.3 Å². The van der Waals surface area contributed by atoms with Crippen molar-refractivity contribution >= 4 is 5.91 Å². The molecule has 1 fully saturated rings. The highest BCUT2D eigenvalue weighted by Gasteiger charge is 2.24. The van der Waals surface area contributed by atoms with Gasteiger partial charge in [0.15, 0.2) is 0 Å². The van der Waals surface area contributed by atoms with Gasteiger partial charge in [-0.3, -0.25) is 4.79 Å². The summed E-state index contributed by atoms with van der Waals surface area (Å²) < 4.78 is 0. The summed E-state index contributed by atoms with van der Waals surface area (Å²) in [5.41, 5.74) is 11.5. The van der Waals surface area contributed by atoms with E-state index < -0.39 is 0 Å². The molecule has 0 aromatic carbocycles. The van der Waals surface area contributed by atoms with Crippen molar-refractivity contribution in [2.75, 3.05) is 6.54 Å². The fraction of sp³-hybridized carbons (Fsp3) is 0.923. The molecule has 1 unspecified atom stereocenters. The molecule has 1 aliphatic rings. The highest BCUT2D eigenvalue weighted by molar-refractivity contribution is 5.79. The van der Waals surface area contributed by atoms with Crippen LogP contribution in [0.15, 0.2) is 0 Å². The lowest BCUT2D eigenvalue weighted by atomic mass is 9.90. The second kappa shape index (κ2) is 6.97. The fourth-order valence-corrected chi connectivity index (χ4v) is 2.46. The molecule has 0 radical (unpaired) electrons. The third-order valence-electron chi connectivity index (χ3n) is 3.53. The second-order valence-electron chi connectivity index (χ2n) is 5.68. The number of hydrogen-bond acceptors (Lipinski definition) is 3. The number of carbonyl (C=O) groups excluding carboxylic acids is 1. The van der Waals surface area contributed by atoms with Crippen molar-refractivity contribution in [1.82, 2.24) is 5.32 Å². The molecule has 0 spiro atoms. The Bertz CT molecular complexity index is 235. The minimum atomic E-state index is -0.0365. The Hall–Kier alpha value is -0.610. The van der Waals surface area contributed by atoms with Crippen molar-refractivity contribution < 1.29 is 4.79 Å². The molecule has 0 bridgehead atoms. The molecule has 17 heavy (non-hydrogen) atoms. The first-order valence-corrected chi connectivity index (χ1v) is 6.79. The summed E-state index contributed by atoms with van der Waals surface area (Å²) in [6.45, 7) is 4.68. The molecule has 0 aromatic heterocycles. The van der Waals surface area contributed by atoms with E-state index >= 15 is 0 Å². The first-order chi connectivity index (χ1) is 8.02. The van der Waals surface area contributed by atoms with Gasteiger partial charge in [-0.2, -0.15) is 0 Å². The normalized spacial score (nSPS) is 26.9. The maximum Gasteiger partial charge on any atom is 0.224 e. The van der Waals surface area contributed by atoms with Crippen LogP contribution in [0.5, 0.6) is 0 Å². The highest BCUT2D eigenvalue weighted by Crippen LogP contribution is 2.18. The topological polar surface area (TPSA) is 81.1 Å². The molecule has 1 aliphatic carbocycles. The molecule has 100 valence electrons. The molecule has 1 atom stereocenters. The molecular weight excluding hydrogens is 214 g/mol. The first-order valence-electron chi connectivity index (χ1n) is 6.79. The lowest BCUT2D eigenvalue weighted by molar-refractivity contribution is -0.126. The number of rotatable bonds is 5. The lowest BCUT2D eigenvalue weighted by Crippen LogP contribution is -2.44. The van der Waals surface area contributed by atoms with Crippen LogP contribution in [-0.2, 0) is 4.79 Å². The summed E-state index contributed by atoms with van der Waals surface area (Å²) in [6, 6.07) is 0.632. The third-order valence-corrected chi connectivity index (χ3v) is 3.53. The van der Waals surface area contributed by atoms with Gasteiger partial charge >= 0.3 is 0 Å². The zero-order valence-electron chi connectivity index (χ0n) is 11.1. The van der Waals surface area contributed by atoms with E-state index in [1.165, 1.54) is 0 Å². The molecule has 0 aromatic rings. The predicted molar refractivity (Wildman–Crippen MR) is 70.4 cm³/mol. The van der Waals surface area contributed by atoms with E-state index in [-0.39, 0.29) is 11.8 Å². The summed E-state index contributed by atoms with van der Waals surface area (Å²) in [4.78, 5) is 12.0. The largest absolute Gasteiger partial charge is 0.353 e. The van der Waals surface area contributed by atoms with E-state index in [1.807, 2.05) is 0 Å². The Morgan fingerprint density at radius 3 is 2.35 bits per heavy atom. The van der Waals surface area contributed by atoms with Gasteiger partial charge in [0.25, 0.3) is 0 Å². The minimum Gasteiger partial charge on any atom is -0.353 e. The molecule has 4 heteroatoms. The molecule has 0 heterocycles. The molecular formula is C13H27N3O. The van der Waals surface area contributed by atoms with E-state index in [4.69, 9.17) is 11.5 Å². The Kier molecular flexibility index (Phi) is 5.92. The standard InChI is InChI=1S/C13H27N3O/c1-9(2)7-10(8-14)13(17)16-12-5-3-11(15)4-6-12/h9-12H,3-8,14-15H2,1-2H3,(H,16,17). The van der Waals surface area contributed by atoms with Crippen LogP contribution in [-0.4, -0.2) is 24.5 Å². The van der Waals surface area contributed by atoms with Gasteiger partial charge in [0.1, 0.15) is 0 Å². The van der Waals surface area contributed by atoms with E-state index in [0.29, 0.717) is 24.5 Å². The smallest absolute Gasteiger partial charge is 0.224 e. The van der Waals surface area contributed by atoms with Crippen LogP contribution in [0.25, 0.3) is 0 Å². The van der Waals surface area contributed by atoms with Gasteiger partial charge in [0, 0.05) is 18.6 Å².